The molecule has 0 saturated carbocycles. The quantitative estimate of drug-likeness (QED) is 0.589. The van der Waals surface area contributed by atoms with Crippen LogP contribution in [0.1, 0.15) is 0 Å². The highest BCUT2D eigenvalue weighted by Crippen LogP contribution is 2.30. The topological polar surface area (TPSA) is 12.9 Å². The van der Waals surface area contributed by atoms with Gasteiger partial charge in [0.1, 0.15) is 0 Å². The lowest BCUT2D eigenvalue weighted by Gasteiger charge is -1.87. The summed E-state index contributed by atoms with van der Waals surface area (Å²) in [6.07, 6.45) is 1.88. The van der Waals surface area contributed by atoms with Crippen LogP contribution in [0.4, 0.5) is 0 Å². The fraction of sp³-hybridized carbons (Fsp3) is 0.100. The first kappa shape index (κ1) is 10.0. The first-order valence-corrected chi connectivity index (χ1v) is 6.27. The number of nitrogens with zero attached hydrogens (tertiary/aromatic N) is 1. The van der Waals surface area contributed by atoms with Crippen molar-refractivity contribution in [1.82, 2.24) is 4.98 Å². The van der Waals surface area contributed by atoms with E-state index in [0.717, 1.165) is 20.6 Å². The summed E-state index contributed by atoms with van der Waals surface area (Å²) in [4.78, 5) is 4.46. The Bertz CT molecular complexity index is 464. The van der Waals surface area contributed by atoms with Crippen molar-refractivity contribution in [1.29, 1.82) is 0 Å². The Labute approximate surface area is 95.8 Å². The fourth-order valence-electron chi connectivity index (χ4n) is 1.07. The first-order chi connectivity index (χ1) is 6.79. The van der Waals surface area contributed by atoms with Gasteiger partial charge in [-0.05, 0) is 18.2 Å². The molecule has 0 unspecified atom stereocenters. The summed E-state index contributed by atoms with van der Waals surface area (Å²) in [5.74, 6) is 0.896. The van der Waals surface area contributed by atoms with Gasteiger partial charge in [0, 0.05) is 10.8 Å². The van der Waals surface area contributed by atoms with Gasteiger partial charge in [0.05, 0.1) is 10.2 Å². The molecule has 2 rings (SSSR count). The third kappa shape index (κ3) is 2.11. The third-order valence-electron chi connectivity index (χ3n) is 1.65. The Morgan fingerprint density at radius 3 is 3.21 bits per heavy atom. The molecular weight excluding hydrogens is 234 g/mol. The van der Waals surface area contributed by atoms with Gasteiger partial charge in [-0.3, -0.25) is 0 Å². The normalized spacial score (nSPS) is 10.6. The molecule has 0 atom stereocenters. The van der Waals surface area contributed by atoms with Gasteiger partial charge in [-0.2, -0.15) is 0 Å². The number of hydrogen-bond donors (Lipinski definition) is 0. The van der Waals surface area contributed by atoms with Gasteiger partial charge in [-0.15, -0.1) is 17.9 Å². The van der Waals surface area contributed by atoms with E-state index in [0.29, 0.717) is 0 Å². The molecule has 72 valence electrons. The zero-order valence-corrected chi connectivity index (χ0v) is 9.75. The molecule has 0 aliphatic rings. The number of thioether (sulfide) groups is 1. The van der Waals surface area contributed by atoms with E-state index in [-0.39, 0.29) is 0 Å². The number of aromatic nitrogens is 1. The van der Waals surface area contributed by atoms with E-state index in [1.54, 1.807) is 23.1 Å². The van der Waals surface area contributed by atoms with Crippen LogP contribution in [0.15, 0.2) is 35.2 Å². The van der Waals surface area contributed by atoms with Crippen molar-refractivity contribution in [2.24, 2.45) is 0 Å². The van der Waals surface area contributed by atoms with Crippen LogP contribution in [0.3, 0.4) is 0 Å². The molecule has 0 N–H and O–H groups in total. The average molecular weight is 242 g/mol. The molecule has 0 saturated heterocycles. The average Bonchev–Trinajstić information content (AvgIpc) is 2.56. The highest BCUT2D eigenvalue weighted by molar-refractivity contribution is 8.01. The van der Waals surface area contributed by atoms with E-state index in [2.05, 4.69) is 11.6 Å². The highest BCUT2D eigenvalue weighted by atomic mass is 35.5. The van der Waals surface area contributed by atoms with Gasteiger partial charge in [0.15, 0.2) is 4.34 Å². The molecule has 0 bridgehead atoms. The van der Waals surface area contributed by atoms with Crippen molar-refractivity contribution in [2.75, 3.05) is 5.75 Å². The second-order valence-corrected chi connectivity index (χ2v) is 5.43. The molecule has 0 fully saturated rings. The number of rotatable bonds is 3. The van der Waals surface area contributed by atoms with Gasteiger partial charge in [0.2, 0.25) is 0 Å². The van der Waals surface area contributed by atoms with Crippen LogP contribution in [0.5, 0.6) is 0 Å². The monoisotopic (exact) mass is 241 g/mol. The molecule has 1 aromatic heterocycles. The van der Waals surface area contributed by atoms with Crippen molar-refractivity contribution < 1.29 is 0 Å². The Kier molecular flexibility index (Phi) is 3.11. The zero-order valence-electron chi connectivity index (χ0n) is 7.37. The Morgan fingerprint density at radius 2 is 2.43 bits per heavy atom. The fourth-order valence-corrected chi connectivity index (χ4v) is 3.05. The molecule has 0 aliphatic heterocycles. The van der Waals surface area contributed by atoms with Crippen LogP contribution in [0.2, 0.25) is 5.02 Å². The van der Waals surface area contributed by atoms with Crippen molar-refractivity contribution in [3.63, 3.8) is 0 Å². The van der Waals surface area contributed by atoms with Gasteiger partial charge in [-0.25, -0.2) is 4.98 Å². The van der Waals surface area contributed by atoms with E-state index in [4.69, 9.17) is 11.6 Å². The lowest BCUT2D eigenvalue weighted by Crippen LogP contribution is -1.71. The van der Waals surface area contributed by atoms with Crippen LogP contribution < -0.4 is 0 Å². The SMILES string of the molecule is C=CCSc1nc2cc(Cl)ccc2s1. The molecular formula is C10H8ClNS2. The maximum absolute atomic E-state index is 5.87. The van der Waals surface area contributed by atoms with Gasteiger partial charge >= 0.3 is 0 Å². The number of hydrogen-bond acceptors (Lipinski definition) is 3. The van der Waals surface area contributed by atoms with Crippen molar-refractivity contribution in [3.05, 3.63) is 35.9 Å². The predicted octanol–water partition coefficient (Wildman–Crippen LogP) is 4.23. The molecule has 0 amide bonds. The van der Waals surface area contributed by atoms with E-state index in [1.165, 1.54) is 4.70 Å². The molecule has 0 aliphatic carbocycles. The maximum Gasteiger partial charge on any atom is 0.151 e. The van der Waals surface area contributed by atoms with Crippen LogP contribution in [0, 0.1) is 0 Å². The molecule has 0 spiro atoms. The van der Waals surface area contributed by atoms with E-state index in [1.807, 2.05) is 24.3 Å². The summed E-state index contributed by atoms with van der Waals surface area (Å²) < 4.78 is 2.25. The molecule has 1 nitrogen and oxygen atoms in total. The minimum atomic E-state index is 0.739. The van der Waals surface area contributed by atoms with Crippen molar-refractivity contribution >= 4 is 44.9 Å². The van der Waals surface area contributed by atoms with Crippen molar-refractivity contribution in [2.45, 2.75) is 4.34 Å². The van der Waals surface area contributed by atoms with E-state index < -0.39 is 0 Å². The Hall–Kier alpha value is -0.510. The highest BCUT2D eigenvalue weighted by Gasteiger charge is 2.03. The zero-order chi connectivity index (χ0) is 9.97. The lowest BCUT2D eigenvalue weighted by atomic mass is 10.3. The first-order valence-electron chi connectivity index (χ1n) is 4.09. The van der Waals surface area contributed by atoms with Crippen LogP contribution >= 0.6 is 34.7 Å². The lowest BCUT2D eigenvalue weighted by molar-refractivity contribution is 1.30. The van der Waals surface area contributed by atoms with Gasteiger partial charge in [-0.1, -0.05) is 29.4 Å². The summed E-state index contributed by atoms with van der Waals surface area (Å²) in [6, 6.07) is 5.79. The number of halogens is 1. The number of benzene rings is 1. The predicted molar refractivity (Wildman–Crippen MR) is 65.6 cm³/mol. The standard InChI is InChI=1S/C10H8ClNS2/c1-2-5-13-10-12-8-6-7(11)3-4-9(8)14-10/h2-4,6H,1,5H2. The maximum atomic E-state index is 5.87. The molecule has 1 heterocycles. The Morgan fingerprint density at radius 1 is 1.57 bits per heavy atom. The van der Waals surface area contributed by atoms with E-state index >= 15 is 0 Å². The van der Waals surface area contributed by atoms with E-state index in [9.17, 15) is 0 Å². The molecule has 2 aromatic rings. The summed E-state index contributed by atoms with van der Waals surface area (Å²) in [7, 11) is 0. The summed E-state index contributed by atoms with van der Waals surface area (Å²) in [6.45, 7) is 3.68. The molecule has 1 aromatic carbocycles. The van der Waals surface area contributed by atoms with Crippen molar-refractivity contribution in [3.8, 4) is 0 Å². The smallest absolute Gasteiger partial charge is 0.151 e. The van der Waals surface area contributed by atoms with Crippen LogP contribution in [0.25, 0.3) is 10.2 Å². The van der Waals surface area contributed by atoms with Gasteiger partial charge < -0.3 is 0 Å². The number of thiazole rings is 1. The summed E-state index contributed by atoms with van der Waals surface area (Å²) in [5, 5.41) is 0.739. The summed E-state index contributed by atoms with van der Waals surface area (Å²) >= 11 is 9.26. The Balaban J connectivity index is 2.36. The second kappa shape index (κ2) is 4.34. The molecule has 4 heteroatoms. The number of fused-ring (bicyclic) bond motifs is 1. The largest absolute Gasteiger partial charge is 0.230 e. The minimum Gasteiger partial charge on any atom is -0.230 e. The summed E-state index contributed by atoms with van der Waals surface area (Å²) in [5.41, 5.74) is 0.981. The van der Waals surface area contributed by atoms with Gasteiger partial charge in [0.25, 0.3) is 0 Å². The molecule has 0 radical (unpaired) electrons. The molecule has 14 heavy (non-hydrogen) atoms. The minimum absolute atomic E-state index is 0.739. The van der Waals surface area contributed by atoms with Crippen LogP contribution in [-0.2, 0) is 0 Å². The third-order valence-corrected chi connectivity index (χ3v) is 4.06. The van der Waals surface area contributed by atoms with Crippen LogP contribution in [-0.4, -0.2) is 10.7 Å². The second-order valence-electron chi connectivity index (χ2n) is 2.69.